The fourth-order valence-electron chi connectivity index (χ4n) is 1.48. The van der Waals surface area contributed by atoms with Crippen LogP contribution in [0, 0.1) is 12.7 Å². The van der Waals surface area contributed by atoms with Gasteiger partial charge in [0.1, 0.15) is 11.6 Å². The summed E-state index contributed by atoms with van der Waals surface area (Å²) in [5.41, 5.74) is 1.37. The zero-order valence-corrected chi connectivity index (χ0v) is 10.3. The third-order valence-corrected chi connectivity index (χ3v) is 2.41. The standard InChI is InChI=1S/C13H14FN3O/c1-9-7-11(4-5-12(9)14)18-13-6-3-10(8-15-2)16-17-13/h3-7,15H,8H2,1-2H3. The Balaban J connectivity index is 2.10. The summed E-state index contributed by atoms with van der Waals surface area (Å²) in [6.07, 6.45) is 0. The van der Waals surface area contributed by atoms with Crippen molar-refractivity contribution in [3.05, 3.63) is 47.4 Å². The van der Waals surface area contributed by atoms with Crippen molar-refractivity contribution in [1.82, 2.24) is 15.5 Å². The van der Waals surface area contributed by atoms with Crippen molar-refractivity contribution < 1.29 is 9.13 Å². The number of hydrogen-bond acceptors (Lipinski definition) is 4. The van der Waals surface area contributed by atoms with E-state index in [1.165, 1.54) is 6.07 Å². The molecule has 0 amide bonds. The van der Waals surface area contributed by atoms with Gasteiger partial charge in [0, 0.05) is 12.6 Å². The summed E-state index contributed by atoms with van der Waals surface area (Å²) in [7, 11) is 1.84. The molecular formula is C13H14FN3O. The van der Waals surface area contributed by atoms with Gasteiger partial charge in [-0.1, -0.05) is 0 Å². The van der Waals surface area contributed by atoms with Crippen molar-refractivity contribution in [2.45, 2.75) is 13.5 Å². The van der Waals surface area contributed by atoms with Crippen molar-refractivity contribution in [3.8, 4) is 11.6 Å². The minimum Gasteiger partial charge on any atom is -0.438 e. The number of halogens is 1. The van der Waals surface area contributed by atoms with E-state index in [9.17, 15) is 4.39 Å². The Morgan fingerprint density at radius 1 is 1.22 bits per heavy atom. The van der Waals surface area contributed by atoms with Crippen molar-refractivity contribution >= 4 is 0 Å². The SMILES string of the molecule is CNCc1ccc(Oc2ccc(F)c(C)c2)nn1. The van der Waals surface area contributed by atoms with Gasteiger partial charge in [-0.25, -0.2) is 4.39 Å². The molecule has 18 heavy (non-hydrogen) atoms. The van der Waals surface area contributed by atoms with Gasteiger partial charge in [0.15, 0.2) is 0 Å². The van der Waals surface area contributed by atoms with Crippen LogP contribution in [0.1, 0.15) is 11.3 Å². The highest BCUT2D eigenvalue weighted by molar-refractivity contribution is 5.31. The summed E-state index contributed by atoms with van der Waals surface area (Å²) in [4.78, 5) is 0. The Hall–Kier alpha value is -2.01. The van der Waals surface area contributed by atoms with E-state index in [-0.39, 0.29) is 5.82 Å². The van der Waals surface area contributed by atoms with Crippen LogP contribution < -0.4 is 10.1 Å². The third kappa shape index (κ3) is 3.01. The van der Waals surface area contributed by atoms with Crippen LogP contribution in [-0.2, 0) is 6.54 Å². The molecule has 2 aromatic rings. The Morgan fingerprint density at radius 3 is 2.67 bits per heavy atom. The van der Waals surface area contributed by atoms with Crippen LogP contribution in [0.15, 0.2) is 30.3 Å². The predicted octanol–water partition coefficient (Wildman–Crippen LogP) is 2.44. The van der Waals surface area contributed by atoms with E-state index in [4.69, 9.17) is 4.74 Å². The molecule has 1 aromatic carbocycles. The van der Waals surface area contributed by atoms with Gasteiger partial charge in [0.2, 0.25) is 5.88 Å². The van der Waals surface area contributed by atoms with Crippen molar-refractivity contribution in [3.63, 3.8) is 0 Å². The first-order chi connectivity index (χ1) is 8.69. The summed E-state index contributed by atoms with van der Waals surface area (Å²) in [5.74, 6) is 0.684. The first-order valence-electron chi connectivity index (χ1n) is 5.60. The molecule has 94 valence electrons. The van der Waals surface area contributed by atoms with Crippen LogP contribution in [0.2, 0.25) is 0 Å². The number of ether oxygens (including phenoxy) is 1. The summed E-state index contributed by atoms with van der Waals surface area (Å²) in [6.45, 7) is 2.34. The lowest BCUT2D eigenvalue weighted by molar-refractivity contribution is 0.451. The molecule has 0 aliphatic heterocycles. The van der Waals surface area contributed by atoms with Crippen molar-refractivity contribution in [2.24, 2.45) is 0 Å². The second-order valence-electron chi connectivity index (χ2n) is 3.91. The van der Waals surface area contributed by atoms with Crippen LogP contribution in [-0.4, -0.2) is 17.2 Å². The van der Waals surface area contributed by atoms with E-state index in [1.54, 1.807) is 25.1 Å². The lowest BCUT2D eigenvalue weighted by Gasteiger charge is -2.06. The average Bonchev–Trinajstić information content (AvgIpc) is 2.37. The zero-order chi connectivity index (χ0) is 13.0. The van der Waals surface area contributed by atoms with Gasteiger partial charge in [-0.2, -0.15) is 5.10 Å². The maximum Gasteiger partial charge on any atom is 0.238 e. The maximum absolute atomic E-state index is 13.1. The summed E-state index contributed by atoms with van der Waals surface area (Å²) in [5, 5.41) is 10.9. The van der Waals surface area contributed by atoms with Crippen LogP contribution in [0.3, 0.4) is 0 Å². The van der Waals surface area contributed by atoms with Crippen molar-refractivity contribution in [2.75, 3.05) is 7.05 Å². The average molecular weight is 247 g/mol. The highest BCUT2D eigenvalue weighted by Gasteiger charge is 2.03. The molecule has 0 atom stereocenters. The van der Waals surface area contributed by atoms with Crippen LogP contribution in [0.5, 0.6) is 11.6 Å². The molecule has 0 aliphatic rings. The molecule has 1 N–H and O–H groups in total. The molecular weight excluding hydrogens is 233 g/mol. The molecule has 0 radical (unpaired) electrons. The molecule has 0 bridgehead atoms. The molecule has 1 heterocycles. The second-order valence-corrected chi connectivity index (χ2v) is 3.91. The van der Waals surface area contributed by atoms with E-state index in [1.807, 2.05) is 13.1 Å². The summed E-state index contributed by atoms with van der Waals surface area (Å²) in [6, 6.07) is 8.12. The quantitative estimate of drug-likeness (QED) is 0.901. The third-order valence-electron chi connectivity index (χ3n) is 2.41. The van der Waals surface area contributed by atoms with Gasteiger partial charge in [-0.3, -0.25) is 0 Å². The largest absolute Gasteiger partial charge is 0.438 e. The Labute approximate surface area is 105 Å². The van der Waals surface area contributed by atoms with E-state index in [0.717, 1.165) is 5.69 Å². The Bertz CT molecular complexity index is 528. The fourth-order valence-corrected chi connectivity index (χ4v) is 1.48. The van der Waals surface area contributed by atoms with Crippen LogP contribution in [0.4, 0.5) is 4.39 Å². The molecule has 0 fully saturated rings. The minimum absolute atomic E-state index is 0.252. The van der Waals surface area contributed by atoms with Gasteiger partial charge < -0.3 is 10.1 Å². The van der Waals surface area contributed by atoms with Gasteiger partial charge in [0.05, 0.1) is 5.69 Å². The summed E-state index contributed by atoms with van der Waals surface area (Å²) >= 11 is 0. The maximum atomic E-state index is 13.1. The molecule has 4 nitrogen and oxygen atoms in total. The predicted molar refractivity (Wildman–Crippen MR) is 66.0 cm³/mol. The molecule has 0 saturated heterocycles. The normalized spacial score (nSPS) is 10.4. The minimum atomic E-state index is -0.252. The van der Waals surface area contributed by atoms with E-state index in [2.05, 4.69) is 15.5 Å². The number of aromatic nitrogens is 2. The number of hydrogen-bond donors (Lipinski definition) is 1. The van der Waals surface area contributed by atoms with Crippen LogP contribution >= 0.6 is 0 Å². The highest BCUT2D eigenvalue weighted by atomic mass is 19.1. The first kappa shape index (κ1) is 12.4. The topological polar surface area (TPSA) is 47.0 Å². The summed E-state index contributed by atoms with van der Waals surface area (Å²) < 4.78 is 18.6. The Kier molecular flexibility index (Phi) is 3.84. The number of rotatable bonds is 4. The first-order valence-corrected chi connectivity index (χ1v) is 5.60. The fraction of sp³-hybridized carbons (Fsp3) is 0.231. The molecule has 0 saturated carbocycles. The molecule has 0 spiro atoms. The van der Waals surface area contributed by atoms with E-state index in [0.29, 0.717) is 23.7 Å². The highest BCUT2D eigenvalue weighted by Crippen LogP contribution is 2.21. The Morgan fingerprint density at radius 2 is 2.06 bits per heavy atom. The second kappa shape index (κ2) is 5.55. The van der Waals surface area contributed by atoms with Crippen LogP contribution in [0.25, 0.3) is 0 Å². The molecule has 1 aromatic heterocycles. The molecule has 0 aliphatic carbocycles. The van der Waals surface area contributed by atoms with E-state index >= 15 is 0 Å². The van der Waals surface area contributed by atoms with E-state index < -0.39 is 0 Å². The van der Waals surface area contributed by atoms with Crippen molar-refractivity contribution in [1.29, 1.82) is 0 Å². The van der Waals surface area contributed by atoms with Gasteiger partial charge >= 0.3 is 0 Å². The lowest BCUT2D eigenvalue weighted by Crippen LogP contribution is -2.07. The number of benzene rings is 1. The zero-order valence-electron chi connectivity index (χ0n) is 10.3. The number of aryl methyl sites for hydroxylation is 1. The number of nitrogens with zero attached hydrogens (tertiary/aromatic N) is 2. The monoisotopic (exact) mass is 247 g/mol. The molecule has 2 rings (SSSR count). The lowest BCUT2D eigenvalue weighted by atomic mass is 10.2. The molecule has 5 heteroatoms. The van der Waals surface area contributed by atoms with Gasteiger partial charge in [0.25, 0.3) is 0 Å². The smallest absolute Gasteiger partial charge is 0.238 e. The van der Waals surface area contributed by atoms with Gasteiger partial charge in [-0.15, -0.1) is 5.10 Å². The number of nitrogens with one attached hydrogen (secondary N) is 1. The molecule has 0 unspecified atom stereocenters. The van der Waals surface area contributed by atoms with Gasteiger partial charge in [-0.05, 0) is 43.8 Å².